The fourth-order valence-corrected chi connectivity index (χ4v) is 5.00. The first-order valence-corrected chi connectivity index (χ1v) is 11.0. The minimum Gasteiger partial charge on any atom is -0.410 e. The van der Waals surface area contributed by atoms with Crippen molar-refractivity contribution in [2.24, 2.45) is 5.18 Å². The molecule has 0 radical (unpaired) electrons. The van der Waals surface area contributed by atoms with Gasteiger partial charge in [0.25, 0.3) is 0 Å². The molecule has 0 saturated carbocycles. The van der Waals surface area contributed by atoms with E-state index in [2.05, 4.69) is 33.0 Å². The molecule has 1 amide bonds. The Hall–Kier alpha value is -4.07. The van der Waals surface area contributed by atoms with Crippen molar-refractivity contribution in [1.29, 1.82) is 0 Å². The molecule has 0 aliphatic carbocycles. The van der Waals surface area contributed by atoms with E-state index in [1.165, 1.54) is 17.8 Å². The third-order valence-electron chi connectivity index (χ3n) is 6.77. The number of hydrogen-bond donors (Lipinski definition) is 0. The molecule has 1 fully saturated rings. The minimum atomic E-state index is -0.379. The van der Waals surface area contributed by atoms with Gasteiger partial charge in [0, 0.05) is 47.9 Å². The number of nitrogens with zero attached hydrogens (tertiary/aromatic N) is 5. The van der Waals surface area contributed by atoms with Crippen molar-refractivity contribution >= 4 is 22.7 Å². The van der Waals surface area contributed by atoms with Crippen LogP contribution in [0.4, 0.5) is 10.5 Å². The van der Waals surface area contributed by atoms with Crippen LogP contribution in [0.5, 0.6) is 5.75 Å². The maximum Gasteiger partial charge on any atom is 0.415 e. The van der Waals surface area contributed by atoms with E-state index in [-0.39, 0.29) is 11.5 Å². The van der Waals surface area contributed by atoms with E-state index in [0.717, 1.165) is 41.5 Å². The predicted octanol–water partition coefficient (Wildman–Crippen LogP) is 5.04. The van der Waals surface area contributed by atoms with E-state index < -0.39 is 0 Å². The molecule has 4 heterocycles. The highest BCUT2D eigenvalue weighted by molar-refractivity contribution is 5.82. The number of rotatable bonds is 3. The molecule has 4 aromatic rings. The van der Waals surface area contributed by atoms with Crippen LogP contribution in [-0.4, -0.2) is 38.8 Å². The zero-order valence-electron chi connectivity index (χ0n) is 17.8. The third kappa shape index (κ3) is 3.34. The summed E-state index contributed by atoms with van der Waals surface area (Å²) < 4.78 is 7.59. The summed E-state index contributed by atoms with van der Waals surface area (Å²) in [6.45, 7) is 2.06. The van der Waals surface area contributed by atoms with Crippen molar-refractivity contribution in [2.45, 2.75) is 24.8 Å². The Kier molecular flexibility index (Phi) is 4.46. The van der Waals surface area contributed by atoms with Crippen LogP contribution >= 0.6 is 0 Å². The number of hydrogen-bond acceptors (Lipinski definition) is 6. The second kappa shape index (κ2) is 7.51. The molecule has 8 heteroatoms. The molecule has 0 bridgehead atoms. The molecular formula is C25H21N5O3. The first-order chi connectivity index (χ1) is 16.1. The number of benzene rings is 2. The second-order valence-corrected chi connectivity index (χ2v) is 8.71. The van der Waals surface area contributed by atoms with Gasteiger partial charge in [-0.2, -0.15) is 5.10 Å². The van der Waals surface area contributed by atoms with Crippen molar-refractivity contribution in [3.05, 3.63) is 77.5 Å². The number of amides is 1. The number of fused-ring (bicyclic) bond motifs is 3. The Bertz CT molecular complexity index is 1380. The summed E-state index contributed by atoms with van der Waals surface area (Å²) in [5, 5.41) is 8.80. The Labute approximate surface area is 189 Å². The van der Waals surface area contributed by atoms with E-state index in [9.17, 15) is 9.70 Å². The first kappa shape index (κ1) is 19.6. The van der Waals surface area contributed by atoms with Gasteiger partial charge in [-0.3, -0.25) is 9.67 Å². The SMILES string of the molecule is O=Nc1ccc(OC(=O)N2CCC3(CCn4nc(-c5cnc6ccccc6c5)cc43)C2)cc1. The highest BCUT2D eigenvalue weighted by Crippen LogP contribution is 2.44. The van der Waals surface area contributed by atoms with Crippen LogP contribution in [0.15, 0.2) is 72.0 Å². The van der Waals surface area contributed by atoms with Crippen LogP contribution in [0.25, 0.3) is 22.2 Å². The van der Waals surface area contributed by atoms with Crippen molar-refractivity contribution in [1.82, 2.24) is 19.7 Å². The molecule has 2 aromatic heterocycles. The normalized spacial score (nSPS) is 19.2. The van der Waals surface area contributed by atoms with Crippen LogP contribution < -0.4 is 4.74 Å². The van der Waals surface area contributed by atoms with Gasteiger partial charge < -0.3 is 9.64 Å². The molecule has 8 nitrogen and oxygen atoms in total. The molecule has 2 aliphatic rings. The highest BCUT2D eigenvalue weighted by Gasteiger charge is 2.47. The lowest BCUT2D eigenvalue weighted by atomic mass is 9.82. The average Bonchev–Trinajstić information content (AvgIpc) is 3.56. The number of pyridine rings is 1. The molecule has 1 atom stereocenters. The summed E-state index contributed by atoms with van der Waals surface area (Å²) in [6.07, 6.45) is 3.32. The maximum absolute atomic E-state index is 12.8. The van der Waals surface area contributed by atoms with Gasteiger partial charge in [0.2, 0.25) is 0 Å². The fourth-order valence-electron chi connectivity index (χ4n) is 5.00. The zero-order chi connectivity index (χ0) is 22.4. The van der Waals surface area contributed by atoms with E-state index in [0.29, 0.717) is 24.5 Å². The Morgan fingerprint density at radius 2 is 1.85 bits per heavy atom. The molecule has 33 heavy (non-hydrogen) atoms. The van der Waals surface area contributed by atoms with Crippen LogP contribution in [0.2, 0.25) is 0 Å². The van der Waals surface area contributed by atoms with E-state index in [1.54, 1.807) is 17.0 Å². The molecule has 1 spiro atoms. The molecule has 1 unspecified atom stereocenters. The van der Waals surface area contributed by atoms with Gasteiger partial charge in [-0.05, 0) is 60.5 Å². The van der Waals surface area contributed by atoms with Crippen LogP contribution in [0, 0.1) is 4.91 Å². The number of carbonyl (C=O) groups excluding carboxylic acids is 1. The van der Waals surface area contributed by atoms with Gasteiger partial charge in [0.05, 0.1) is 11.2 Å². The molecule has 2 aromatic carbocycles. The number of likely N-dealkylation sites (tertiary alicyclic amines) is 1. The second-order valence-electron chi connectivity index (χ2n) is 8.71. The largest absolute Gasteiger partial charge is 0.415 e. The standard InChI is InChI=1S/C25H21N5O3/c31-24(33-20-7-5-19(28-32)6-8-20)29-11-9-25(16-29)10-12-30-23(25)14-22(27-30)18-13-17-3-1-2-4-21(17)26-15-18/h1-8,13-15H,9-12,16H2. The lowest BCUT2D eigenvalue weighted by Gasteiger charge is -2.23. The van der Waals surface area contributed by atoms with E-state index in [4.69, 9.17) is 9.84 Å². The quantitative estimate of drug-likeness (QED) is 0.417. The lowest BCUT2D eigenvalue weighted by molar-refractivity contribution is 0.160. The summed E-state index contributed by atoms with van der Waals surface area (Å²) in [5.41, 5.74) is 4.22. The minimum absolute atomic E-state index is 0.111. The van der Waals surface area contributed by atoms with Gasteiger partial charge >= 0.3 is 6.09 Å². The smallest absolute Gasteiger partial charge is 0.410 e. The number of ether oxygens (including phenoxy) is 1. The number of para-hydroxylation sites is 1. The summed E-state index contributed by atoms with van der Waals surface area (Å²) in [7, 11) is 0. The van der Waals surface area contributed by atoms with E-state index in [1.807, 2.05) is 24.4 Å². The Balaban J connectivity index is 1.22. The third-order valence-corrected chi connectivity index (χ3v) is 6.77. The van der Waals surface area contributed by atoms with Crippen LogP contribution in [0.1, 0.15) is 18.5 Å². The van der Waals surface area contributed by atoms with Gasteiger partial charge in [0.15, 0.2) is 0 Å². The van der Waals surface area contributed by atoms with Crippen LogP contribution in [0.3, 0.4) is 0 Å². The highest BCUT2D eigenvalue weighted by atomic mass is 16.6. The predicted molar refractivity (Wildman–Crippen MR) is 123 cm³/mol. The van der Waals surface area contributed by atoms with E-state index >= 15 is 0 Å². The van der Waals surface area contributed by atoms with Crippen molar-refractivity contribution in [2.75, 3.05) is 13.1 Å². The monoisotopic (exact) mass is 439 g/mol. The maximum atomic E-state index is 12.8. The van der Waals surface area contributed by atoms with Crippen molar-refractivity contribution in [3.8, 4) is 17.0 Å². The van der Waals surface area contributed by atoms with Gasteiger partial charge in [-0.25, -0.2) is 4.79 Å². The average molecular weight is 439 g/mol. The number of aromatic nitrogens is 3. The zero-order valence-corrected chi connectivity index (χ0v) is 17.8. The summed E-state index contributed by atoms with van der Waals surface area (Å²) in [5.74, 6) is 0.399. The molecule has 0 N–H and O–H groups in total. The molecule has 164 valence electrons. The number of carbonyl (C=O) groups is 1. The molecule has 1 saturated heterocycles. The number of aryl methyl sites for hydroxylation is 1. The van der Waals surface area contributed by atoms with Gasteiger partial charge in [0.1, 0.15) is 11.4 Å². The Morgan fingerprint density at radius 3 is 2.70 bits per heavy atom. The lowest BCUT2D eigenvalue weighted by Crippen LogP contribution is -2.35. The van der Waals surface area contributed by atoms with Gasteiger partial charge in [-0.1, -0.05) is 18.2 Å². The van der Waals surface area contributed by atoms with Crippen molar-refractivity contribution < 1.29 is 9.53 Å². The summed E-state index contributed by atoms with van der Waals surface area (Å²) in [6, 6.07) is 18.5. The van der Waals surface area contributed by atoms with Crippen LogP contribution in [-0.2, 0) is 12.0 Å². The topological polar surface area (TPSA) is 89.7 Å². The first-order valence-electron chi connectivity index (χ1n) is 11.0. The molecular weight excluding hydrogens is 418 g/mol. The fraction of sp³-hybridized carbons (Fsp3) is 0.240. The van der Waals surface area contributed by atoms with Gasteiger partial charge in [-0.15, -0.1) is 4.91 Å². The summed E-state index contributed by atoms with van der Waals surface area (Å²) in [4.78, 5) is 29.7. The summed E-state index contributed by atoms with van der Waals surface area (Å²) >= 11 is 0. The Morgan fingerprint density at radius 1 is 1.03 bits per heavy atom. The van der Waals surface area contributed by atoms with Crippen molar-refractivity contribution in [3.63, 3.8) is 0 Å². The molecule has 2 aliphatic heterocycles. The number of nitroso groups, excluding NO2 is 1. The molecule has 6 rings (SSSR count).